The van der Waals surface area contributed by atoms with Gasteiger partial charge >= 0.3 is 11.8 Å². The van der Waals surface area contributed by atoms with E-state index in [0.717, 1.165) is 50.2 Å². The first-order valence-electron chi connectivity index (χ1n) is 13.6. The standard InChI is InChI=1S/C31H29F3N4O5/c1-41-28-14-20-25(15-29(28)42-17-18-7-10-36-11-8-18)37-12-9-26(20)43-27-6-5-19(13-24(27)34)38(31(40)30(35)39)16-21-22(32)3-2-4-23(21)33/h2-6,9,12-15,18,36H,7-8,10-11,16-17H2,1H3,(H2,35,39). The molecule has 9 nitrogen and oxygen atoms in total. The van der Waals surface area contributed by atoms with E-state index in [9.17, 15) is 18.4 Å². The summed E-state index contributed by atoms with van der Waals surface area (Å²) in [6, 6.07) is 11.5. The molecule has 224 valence electrons. The van der Waals surface area contributed by atoms with Crippen LogP contribution in [0.5, 0.6) is 23.0 Å². The number of halogens is 3. The molecule has 2 heterocycles. The summed E-state index contributed by atoms with van der Waals surface area (Å²) in [4.78, 5) is 29.3. The predicted octanol–water partition coefficient (Wildman–Crippen LogP) is 4.85. The number of benzene rings is 3. The molecule has 0 unspecified atom stereocenters. The average Bonchev–Trinajstić information content (AvgIpc) is 3.00. The summed E-state index contributed by atoms with van der Waals surface area (Å²) < 4.78 is 61.5. The van der Waals surface area contributed by atoms with Crippen molar-refractivity contribution >= 4 is 28.4 Å². The van der Waals surface area contributed by atoms with Gasteiger partial charge in [-0.15, -0.1) is 0 Å². The fourth-order valence-corrected chi connectivity index (χ4v) is 4.86. The van der Waals surface area contributed by atoms with E-state index in [1.165, 1.54) is 25.4 Å². The number of nitrogens with zero attached hydrogens (tertiary/aromatic N) is 2. The van der Waals surface area contributed by atoms with Crippen LogP contribution >= 0.6 is 0 Å². The minimum atomic E-state index is -1.38. The number of nitrogens with two attached hydrogens (primary N) is 1. The molecular weight excluding hydrogens is 565 g/mol. The van der Waals surface area contributed by atoms with Crippen LogP contribution in [0.2, 0.25) is 0 Å². The minimum Gasteiger partial charge on any atom is -0.493 e. The van der Waals surface area contributed by atoms with Crippen molar-refractivity contribution in [2.45, 2.75) is 19.4 Å². The monoisotopic (exact) mass is 594 g/mol. The van der Waals surface area contributed by atoms with Crippen molar-refractivity contribution in [3.05, 3.63) is 83.8 Å². The quantitative estimate of drug-likeness (QED) is 0.266. The molecular formula is C31H29F3N4O5. The van der Waals surface area contributed by atoms with Crippen molar-refractivity contribution in [1.82, 2.24) is 10.3 Å². The van der Waals surface area contributed by atoms with Crippen LogP contribution in [0, 0.1) is 23.4 Å². The lowest BCUT2D eigenvalue weighted by Gasteiger charge is -2.23. The summed E-state index contributed by atoms with van der Waals surface area (Å²) in [6.07, 6.45) is 3.54. The highest BCUT2D eigenvalue weighted by molar-refractivity contribution is 6.39. The normalized spacial score (nSPS) is 13.5. The molecule has 1 aromatic heterocycles. The first kappa shape index (κ1) is 29.6. The van der Waals surface area contributed by atoms with Crippen molar-refractivity contribution in [2.75, 3.05) is 31.7 Å². The van der Waals surface area contributed by atoms with Crippen molar-refractivity contribution in [2.24, 2.45) is 11.7 Å². The zero-order valence-electron chi connectivity index (χ0n) is 23.2. The van der Waals surface area contributed by atoms with E-state index in [0.29, 0.717) is 39.8 Å². The van der Waals surface area contributed by atoms with Gasteiger partial charge in [0.05, 0.1) is 25.8 Å². The predicted molar refractivity (Wildman–Crippen MR) is 153 cm³/mol. The van der Waals surface area contributed by atoms with Gasteiger partial charge in [-0.1, -0.05) is 6.07 Å². The topological polar surface area (TPSA) is 116 Å². The Morgan fingerprint density at radius 2 is 1.70 bits per heavy atom. The number of hydrogen-bond acceptors (Lipinski definition) is 7. The van der Waals surface area contributed by atoms with E-state index < -0.39 is 41.4 Å². The fourth-order valence-electron chi connectivity index (χ4n) is 4.86. The number of carbonyl (C=O) groups is 2. The summed E-state index contributed by atoms with van der Waals surface area (Å²) in [5.74, 6) is -4.00. The summed E-state index contributed by atoms with van der Waals surface area (Å²) in [5, 5.41) is 3.85. The SMILES string of the molecule is COc1cc2c(Oc3ccc(N(Cc4c(F)cccc4F)C(=O)C(N)=O)cc3F)ccnc2cc1OCC1CCNCC1. The Bertz CT molecular complexity index is 1640. The molecule has 12 heteroatoms. The van der Waals surface area contributed by atoms with Crippen molar-refractivity contribution < 1.29 is 37.0 Å². The molecule has 1 aliphatic rings. The molecule has 5 rings (SSSR count). The lowest BCUT2D eigenvalue weighted by molar-refractivity contribution is -0.135. The molecule has 0 saturated carbocycles. The maximum atomic E-state index is 15.4. The summed E-state index contributed by atoms with van der Waals surface area (Å²) in [7, 11) is 1.51. The van der Waals surface area contributed by atoms with Crippen LogP contribution in [0.25, 0.3) is 10.9 Å². The minimum absolute atomic E-state index is 0.159. The van der Waals surface area contributed by atoms with Gasteiger partial charge in [-0.2, -0.15) is 0 Å². The Kier molecular flexibility index (Phi) is 8.96. The number of pyridine rings is 1. The second-order valence-electron chi connectivity index (χ2n) is 10.0. The van der Waals surface area contributed by atoms with Gasteiger partial charge in [0.15, 0.2) is 23.1 Å². The molecule has 1 saturated heterocycles. The molecule has 0 aliphatic carbocycles. The number of aromatic nitrogens is 1. The zero-order chi connectivity index (χ0) is 30.5. The van der Waals surface area contributed by atoms with Crippen molar-refractivity contribution in [1.29, 1.82) is 0 Å². The molecule has 0 atom stereocenters. The van der Waals surface area contributed by atoms with Gasteiger partial charge in [0.1, 0.15) is 17.4 Å². The first-order chi connectivity index (χ1) is 20.7. The number of carbonyl (C=O) groups excluding carboxylic acids is 2. The Hall–Kier alpha value is -4.84. The number of piperidine rings is 1. The van der Waals surface area contributed by atoms with Crippen LogP contribution in [0.3, 0.4) is 0 Å². The Balaban J connectivity index is 1.41. The molecule has 1 aliphatic heterocycles. The maximum absolute atomic E-state index is 15.4. The number of fused-ring (bicyclic) bond motifs is 1. The van der Waals surface area contributed by atoms with E-state index in [4.69, 9.17) is 19.9 Å². The number of primary amides is 1. The van der Waals surface area contributed by atoms with Crippen LogP contribution < -0.4 is 30.2 Å². The van der Waals surface area contributed by atoms with Gasteiger partial charge in [-0.25, -0.2) is 13.2 Å². The number of methoxy groups -OCH3 is 1. The van der Waals surface area contributed by atoms with Gasteiger partial charge in [0.2, 0.25) is 0 Å². The highest BCUT2D eigenvalue weighted by Gasteiger charge is 2.25. The second-order valence-corrected chi connectivity index (χ2v) is 10.0. The second kappa shape index (κ2) is 13.0. The maximum Gasteiger partial charge on any atom is 0.316 e. The largest absolute Gasteiger partial charge is 0.493 e. The summed E-state index contributed by atoms with van der Waals surface area (Å²) >= 11 is 0. The van der Waals surface area contributed by atoms with E-state index in [1.54, 1.807) is 18.2 Å². The van der Waals surface area contributed by atoms with Gasteiger partial charge in [-0.3, -0.25) is 19.5 Å². The van der Waals surface area contributed by atoms with Crippen LogP contribution in [-0.2, 0) is 16.1 Å². The number of anilines is 1. The third-order valence-electron chi connectivity index (χ3n) is 7.20. The van der Waals surface area contributed by atoms with Crippen LogP contribution in [0.15, 0.2) is 60.8 Å². The summed E-state index contributed by atoms with van der Waals surface area (Å²) in [6.45, 7) is 1.74. The zero-order valence-corrected chi connectivity index (χ0v) is 23.2. The molecule has 2 amide bonds. The van der Waals surface area contributed by atoms with Crippen LogP contribution in [0.1, 0.15) is 18.4 Å². The van der Waals surface area contributed by atoms with E-state index in [1.807, 2.05) is 0 Å². The first-order valence-corrected chi connectivity index (χ1v) is 13.6. The van der Waals surface area contributed by atoms with Crippen LogP contribution in [-0.4, -0.2) is 43.6 Å². The number of nitrogens with one attached hydrogen (secondary N) is 1. The van der Waals surface area contributed by atoms with E-state index in [2.05, 4.69) is 10.3 Å². The van der Waals surface area contributed by atoms with E-state index in [-0.39, 0.29) is 17.2 Å². The average molecular weight is 595 g/mol. The third kappa shape index (κ3) is 6.64. The highest BCUT2D eigenvalue weighted by Crippen LogP contribution is 2.38. The Morgan fingerprint density at radius 1 is 0.953 bits per heavy atom. The lowest BCUT2D eigenvalue weighted by Crippen LogP contribution is -2.40. The lowest BCUT2D eigenvalue weighted by atomic mass is 9.99. The third-order valence-corrected chi connectivity index (χ3v) is 7.20. The molecule has 3 N–H and O–H groups in total. The van der Waals surface area contributed by atoms with Gasteiger partial charge in [0.25, 0.3) is 0 Å². The smallest absolute Gasteiger partial charge is 0.316 e. The molecule has 1 fully saturated rings. The van der Waals surface area contributed by atoms with Crippen LogP contribution in [0.4, 0.5) is 18.9 Å². The number of rotatable bonds is 9. The Morgan fingerprint density at radius 3 is 2.37 bits per heavy atom. The highest BCUT2D eigenvalue weighted by atomic mass is 19.1. The molecule has 0 bridgehead atoms. The number of hydrogen-bond donors (Lipinski definition) is 2. The van der Waals surface area contributed by atoms with Crippen molar-refractivity contribution in [3.8, 4) is 23.0 Å². The molecule has 43 heavy (non-hydrogen) atoms. The Labute approximate surface area is 245 Å². The molecule has 4 aromatic rings. The summed E-state index contributed by atoms with van der Waals surface area (Å²) in [5.41, 5.74) is 5.03. The molecule has 3 aromatic carbocycles. The fraction of sp³-hybridized carbons (Fsp3) is 0.258. The number of amides is 2. The van der Waals surface area contributed by atoms with Crippen molar-refractivity contribution in [3.63, 3.8) is 0 Å². The van der Waals surface area contributed by atoms with Gasteiger partial charge < -0.3 is 25.3 Å². The van der Waals surface area contributed by atoms with Gasteiger partial charge in [0, 0.05) is 35.0 Å². The molecule has 0 spiro atoms. The van der Waals surface area contributed by atoms with Gasteiger partial charge in [-0.05, 0) is 68.2 Å². The number of ether oxygens (including phenoxy) is 3. The van der Waals surface area contributed by atoms with E-state index >= 15 is 4.39 Å². The molecule has 0 radical (unpaired) electrons.